The Labute approximate surface area is 160 Å². The molecule has 0 aromatic heterocycles. The van der Waals surface area contributed by atoms with Gasteiger partial charge < -0.3 is 5.32 Å². The van der Waals surface area contributed by atoms with Gasteiger partial charge in [-0.25, -0.2) is 0 Å². The first kappa shape index (κ1) is 20.1. The van der Waals surface area contributed by atoms with Crippen molar-refractivity contribution in [1.29, 1.82) is 5.26 Å². The van der Waals surface area contributed by atoms with E-state index in [1.807, 2.05) is 46.8 Å². The molecule has 5 heteroatoms. The predicted molar refractivity (Wildman–Crippen MR) is 103 cm³/mol. The minimum Gasteiger partial charge on any atom is -0.348 e. The van der Waals surface area contributed by atoms with Gasteiger partial charge in [0.15, 0.2) is 0 Å². The number of halogens is 2. The zero-order valence-electron chi connectivity index (χ0n) is 15.5. The summed E-state index contributed by atoms with van der Waals surface area (Å²) in [5, 5.41) is 12.6. The number of nitrogens with zero attached hydrogens (tertiary/aromatic N) is 1. The lowest BCUT2D eigenvalue weighted by molar-refractivity contribution is -0.126. The maximum Gasteiger partial charge on any atom is 0.238 e. The molecule has 1 aliphatic rings. The largest absolute Gasteiger partial charge is 0.348 e. The summed E-state index contributed by atoms with van der Waals surface area (Å²) in [6.07, 6.45) is 1.29. The lowest BCUT2D eigenvalue weighted by Crippen LogP contribution is -2.39. The van der Waals surface area contributed by atoms with Crippen LogP contribution in [-0.4, -0.2) is 10.2 Å². The van der Waals surface area contributed by atoms with Crippen LogP contribution in [0.1, 0.15) is 56.3 Å². The predicted octanol–water partition coefficient (Wildman–Crippen LogP) is 5.23. The van der Waals surface area contributed by atoms with Gasteiger partial charge in [0.1, 0.15) is 10.3 Å². The molecular weight excluding hydrogens is 355 g/mol. The average molecular weight is 381 g/mol. The lowest BCUT2D eigenvalue weighted by Gasteiger charge is -2.29. The molecule has 1 aromatic rings. The Morgan fingerprint density at radius 2 is 2.00 bits per heavy atom. The number of carbonyl (C=O) groups excluding carboxylic acids is 1. The van der Waals surface area contributed by atoms with E-state index in [4.69, 9.17) is 23.2 Å². The van der Waals surface area contributed by atoms with Crippen molar-refractivity contribution in [3.8, 4) is 6.07 Å². The number of hydrogen-bond acceptors (Lipinski definition) is 2. The smallest absolute Gasteiger partial charge is 0.238 e. The van der Waals surface area contributed by atoms with Crippen molar-refractivity contribution in [1.82, 2.24) is 5.32 Å². The third-order valence-electron chi connectivity index (χ3n) is 5.63. The second kappa shape index (κ2) is 7.17. The summed E-state index contributed by atoms with van der Waals surface area (Å²) in [6.45, 7) is 9.95. The SMILES string of the molecule is CCC(C(C#N)C(=O)NC(C)c1ccc(C)cc1C)C1(C)CC1(Cl)Cl. The van der Waals surface area contributed by atoms with Crippen molar-refractivity contribution < 1.29 is 4.79 Å². The van der Waals surface area contributed by atoms with Crippen molar-refractivity contribution in [3.63, 3.8) is 0 Å². The molecule has 0 heterocycles. The molecule has 1 fully saturated rings. The number of alkyl halides is 2. The fraction of sp³-hybridized carbons (Fsp3) is 0.600. The molecule has 25 heavy (non-hydrogen) atoms. The molecule has 1 aliphatic carbocycles. The van der Waals surface area contributed by atoms with E-state index in [0.717, 1.165) is 11.1 Å². The van der Waals surface area contributed by atoms with Crippen LogP contribution in [0.3, 0.4) is 0 Å². The number of amides is 1. The molecular formula is C20H26Cl2N2O. The van der Waals surface area contributed by atoms with Crippen LogP contribution in [0.5, 0.6) is 0 Å². The van der Waals surface area contributed by atoms with E-state index in [0.29, 0.717) is 12.8 Å². The van der Waals surface area contributed by atoms with Crippen molar-refractivity contribution in [3.05, 3.63) is 34.9 Å². The maximum atomic E-state index is 12.8. The first-order valence-electron chi connectivity index (χ1n) is 8.72. The summed E-state index contributed by atoms with van der Waals surface area (Å²) in [5.74, 6) is -1.18. The highest BCUT2D eigenvalue weighted by molar-refractivity contribution is 6.51. The summed E-state index contributed by atoms with van der Waals surface area (Å²) >= 11 is 12.6. The molecule has 3 nitrogen and oxygen atoms in total. The summed E-state index contributed by atoms with van der Waals surface area (Å²) in [4.78, 5) is 12.8. The van der Waals surface area contributed by atoms with E-state index in [1.54, 1.807) is 0 Å². The number of benzene rings is 1. The maximum absolute atomic E-state index is 12.8. The highest BCUT2D eigenvalue weighted by atomic mass is 35.5. The summed E-state index contributed by atoms with van der Waals surface area (Å²) in [6, 6.07) is 8.18. The highest BCUT2D eigenvalue weighted by Gasteiger charge is 2.67. The molecule has 1 amide bonds. The molecule has 1 N–H and O–H groups in total. The van der Waals surface area contributed by atoms with E-state index < -0.39 is 15.7 Å². The zero-order chi connectivity index (χ0) is 19.0. The minimum absolute atomic E-state index is 0.162. The van der Waals surface area contributed by atoms with Crippen LogP contribution in [0.2, 0.25) is 0 Å². The third-order valence-corrected chi connectivity index (χ3v) is 6.76. The van der Waals surface area contributed by atoms with Gasteiger partial charge in [-0.05, 0) is 44.2 Å². The van der Waals surface area contributed by atoms with E-state index in [1.165, 1.54) is 5.56 Å². The Morgan fingerprint density at radius 3 is 2.44 bits per heavy atom. The van der Waals surface area contributed by atoms with Gasteiger partial charge >= 0.3 is 0 Å². The topological polar surface area (TPSA) is 52.9 Å². The highest BCUT2D eigenvalue weighted by Crippen LogP contribution is 2.69. The number of carbonyl (C=O) groups is 1. The number of hydrogen-bond donors (Lipinski definition) is 1. The van der Waals surface area contributed by atoms with Gasteiger partial charge in [0, 0.05) is 5.41 Å². The number of nitriles is 1. The standard InChI is InChI=1S/C20H26Cl2N2O/c1-6-17(19(5)11-20(19,21)22)16(10-23)18(25)24-14(4)15-8-7-12(2)9-13(15)3/h7-9,14,16-17H,6,11H2,1-5H3,(H,24,25). The van der Waals surface area contributed by atoms with Crippen LogP contribution in [0, 0.1) is 42.4 Å². The fourth-order valence-corrected chi connectivity index (χ4v) is 4.73. The summed E-state index contributed by atoms with van der Waals surface area (Å²) in [7, 11) is 0. The Hall–Kier alpha value is -1.24. The van der Waals surface area contributed by atoms with Gasteiger partial charge in [0.25, 0.3) is 0 Å². The minimum atomic E-state index is -0.845. The molecule has 0 spiro atoms. The second-order valence-electron chi connectivity index (χ2n) is 7.51. The fourth-order valence-electron chi connectivity index (χ4n) is 3.90. The lowest BCUT2D eigenvalue weighted by atomic mass is 9.78. The normalized spacial score (nSPS) is 24.7. The van der Waals surface area contributed by atoms with Crippen LogP contribution in [0.25, 0.3) is 0 Å². The van der Waals surface area contributed by atoms with Crippen molar-refractivity contribution in [2.24, 2.45) is 17.3 Å². The molecule has 4 unspecified atom stereocenters. The average Bonchev–Trinajstić information content (AvgIpc) is 3.02. The molecule has 1 aromatic carbocycles. The van der Waals surface area contributed by atoms with Crippen molar-refractivity contribution >= 4 is 29.1 Å². The van der Waals surface area contributed by atoms with Crippen LogP contribution >= 0.6 is 23.2 Å². The van der Waals surface area contributed by atoms with E-state index in [9.17, 15) is 10.1 Å². The van der Waals surface area contributed by atoms with Gasteiger partial charge in [-0.2, -0.15) is 5.26 Å². The van der Waals surface area contributed by atoms with Crippen molar-refractivity contribution in [2.45, 2.75) is 57.8 Å². The number of aryl methyl sites for hydroxylation is 2. The van der Waals surface area contributed by atoms with Crippen LogP contribution in [0.4, 0.5) is 0 Å². The summed E-state index contributed by atoms with van der Waals surface area (Å²) in [5.41, 5.74) is 2.97. The molecule has 1 saturated carbocycles. The third kappa shape index (κ3) is 3.81. The summed E-state index contributed by atoms with van der Waals surface area (Å²) < 4.78 is -0.845. The van der Waals surface area contributed by atoms with Gasteiger partial charge in [-0.3, -0.25) is 4.79 Å². The monoisotopic (exact) mass is 380 g/mol. The molecule has 4 atom stereocenters. The first-order valence-corrected chi connectivity index (χ1v) is 9.48. The van der Waals surface area contributed by atoms with E-state index in [-0.39, 0.29) is 17.9 Å². The van der Waals surface area contributed by atoms with Crippen LogP contribution in [-0.2, 0) is 4.79 Å². The van der Waals surface area contributed by atoms with Crippen molar-refractivity contribution in [2.75, 3.05) is 0 Å². The molecule has 0 bridgehead atoms. The Bertz CT molecular complexity index is 710. The van der Waals surface area contributed by atoms with E-state index >= 15 is 0 Å². The molecule has 136 valence electrons. The van der Waals surface area contributed by atoms with E-state index in [2.05, 4.69) is 17.5 Å². The van der Waals surface area contributed by atoms with Gasteiger partial charge in [-0.15, -0.1) is 23.2 Å². The Kier molecular flexibility index (Phi) is 5.76. The molecule has 2 rings (SSSR count). The van der Waals surface area contributed by atoms with Gasteiger partial charge in [-0.1, -0.05) is 44.0 Å². The first-order chi connectivity index (χ1) is 11.6. The second-order valence-corrected chi connectivity index (χ2v) is 8.99. The molecule has 0 aliphatic heterocycles. The molecule has 0 saturated heterocycles. The van der Waals surface area contributed by atoms with Crippen LogP contribution < -0.4 is 5.32 Å². The zero-order valence-corrected chi connectivity index (χ0v) is 17.0. The van der Waals surface area contributed by atoms with Gasteiger partial charge in [0.05, 0.1) is 12.1 Å². The number of nitrogens with one attached hydrogen (secondary N) is 1. The quantitative estimate of drug-likeness (QED) is 0.686. The Balaban J connectivity index is 2.16. The molecule has 0 radical (unpaired) electrons. The van der Waals surface area contributed by atoms with Crippen LogP contribution in [0.15, 0.2) is 18.2 Å². The van der Waals surface area contributed by atoms with Gasteiger partial charge in [0.2, 0.25) is 5.91 Å². The number of rotatable bonds is 6. The Morgan fingerprint density at radius 1 is 1.40 bits per heavy atom.